The third kappa shape index (κ3) is 4.53. The molecule has 5 nitrogen and oxygen atoms in total. The highest BCUT2D eigenvalue weighted by Gasteiger charge is 2.26. The summed E-state index contributed by atoms with van der Waals surface area (Å²) in [5.41, 5.74) is 0.936. The highest BCUT2D eigenvalue weighted by molar-refractivity contribution is 5.80. The van der Waals surface area contributed by atoms with E-state index in [2.05, 4.69) is 4.90 Å². The zero-order valence-electron chi connectivity index (χ0n) is 13.4. The molecular formula is C17H26N2O3. The van der Waals surface area contributed by atoms with Gasteiger partial charge in [0.15, 0.2) is 0 Å². The lowest BCUT2D eigenvalue weighted by atomic mass is 10.1. The van der Waals surface area contributed by atoms with E-state index >= 15 is 0 Å². The molecule has 1 fully saturated rings. The maximum atomic E-state index is 12.2. The molecule has 1 aromatic rings. The van der Waals surface area contributed by atoms with Crippen molar-refractivity contribution in [2.45, 2.75) is 26.1 Å². The predicted molar refractivity (Wildman–Crippen MR) is 85.5 cm³/mol. The molecule has 1 aliphatic rings. The number of nitrogens with zero attached hydrogens (tertiary/aromatic N) is 2. The molecular weight excluding hydrogens is 280 g/mol. The molecule has 1 aliphatic heterocycles. The average Bonchev–Trinajstić information content (AvgIpc) is 2.56. The summed E-state index contributed by atoms with van der Waals surface area (Å²) in [7, 11) is 0. The van der Waals surface area contributed by atoms with Crippen LogP contribution in [0.1, 0.15) is 25.5 Å². The van der Waals surface area contributed by atoms with E-state index < -0.39 is 6.10 Å². The first-order chi connectivity index (χ1) is 10.6. The minimum atomic E-state index is -0.481. The summed E-state index contributed by atoms with van der Waals surface area (Å²) in [5, 5.41) is 10.3. The fourth-order valence-corrected chi connectivity index (χ4v) is 2.75. The van der Waals surface area contributed by atoms with Crippen molar-refractivity contribution in [2.75, 3.05) is 39.3 Å². The van der Waals surface area contributed by atoms with Crippen LogP contribution in [0.15, 0.2) is 30.3 Å². The van der Waals surface area contributed by atoms with Gasteiger partial charge in [-0.1, -0.05) is 30.3 Å². The maximum absolute atomic E-state index is 12.2. The van der Waals surface area contributed by atoms with Gasteiger partial charge in [-0.15, -0.1) is 0 Å². The Morgan fingerprint density at radius 2 is 1.86 bits per heavy atom. The molecule has 1 heterocycles. The van der Waals surface area contributed by atoms with Gasteiger partial charge in [-0.2, -0.15) is 0 Å². The quantitative estimate of drug-likeness (QED) is 0.860. The Morgan fingerprint density at radius 3 is 2.45 bits per heavy atom. The van der Waals surface area contributed by atoms with Crippen molar-refractivity contribution in [3.05, 3.63) is 35.9 Å². The smallest absolute Gasteiger partial charge is 0.251 e. The average molecular weight is 306 g/mol. The molecule has 0 saturated carbocycles. The molecule has 0 aliphatic carbocycles. The fourth-order valence-electron chi connectivity index (χ4n) is 2.75. The highest BCUT2D eigenvalue weighted by Crippen LogP contribution is 2.15. The minimum Gasteiger partial charge on any atom is -0.387 e. The summed E-state index contributed by atoms with van der Waals surface area (Å²) in [6.07, 6.45) is -0.850. The Bertz CT molecular complexity index is 458. The molecule has 0 radical (unpaired) electrons. The van der Waals surface area contributed by atoms with Gasteiger partial charge in [-0.3, -0.25) is 9.69 Å². The van der Waals surface area contributed by atoms with E-state index in [9.17, 15) is 9.90 Å². The van der Waals surface area contributed by atoms with Crippen LogP contribution >= 0.6 is 0 Å². The Morgan fingerprint density at radius 1 is 1.23 bits per heavy atom. The molecule has 0 spiro atoms. The van der Waals surface area contributed by atoms with E-state index in [0.29, 0.717) is 26.2 Å². The van der Waals surface area contributed by atoms with Crippen LogP contribution in [0.2, 0.25) is 0 Å². The van der Waals surface area contributed by atoms with Gasteiger partial charge in [-0.25, -0.2) is 0 Å². The van der Waals surface area contributed by atoms with Crippen LogP contribution < -0.4 is 0 Å². The van der Waals surface area contributed by atoms with Gasteiger partial charge < -0.3 is 14.7 Å². The molecule has 0 bridgehead atoms. The zero-order valence-corrected chi connectivity index (χ0v) is 13.4. The number of rotatable bonds is 6. The summed E-state index contributed by atoms with van der Waals surface area (Å²) in [4.78, 5) is 16.2. The minimum absolute atomic E-state index is 0.0603. The maximum Gasteiger partial charge on any atom is 0.251 e. The van der Waals surface area contributed by atoms with Crippen molar-refractivity contribution in [3.63, 3.8) is 0 Å². The molecule has 1 aromatic carbocycles. The summed E-state index contributed by atoms with van der Waals surface area (Å²) in [6.45, 7) is 7.81. The number of carbonyl (C=O) groups excluding carboxylic acids is 1. The number of amides is 1. The van der Waals surface area contributed by atoms with Crippen LogP contribution in [0, 0.1) is 0 Å². The third-order valence-corrected chi connectivity index (χ3v) is 4.06. The van der Waals surface area contributed by atoms with E-state index in [1.54, 1.807) is 6.92 Å². The largest absolute Gasteiger partial charge is 0.387 e. The number of carbonyl (C=O) groups is 1. The Balaban J connectivity index is 1.79. The summed E-state index contributed by atoms with van der Waals surface area (Å²) >= 11 is 0. The van der Waals surface area contributed by atoms with Gasteiger partial charge in [0.2, 0.25) is 0 Å². The van der Waals surface area contributed by atoms with Crippen molar-refractivity contribution in [3.8, 4) is 0 Å². The van der Waals surface area contributed by atoms with Gasteiger partial charge in [0.25, 0.3) is 5.91 Å². The molecule has 2 atom stereocenters. The number of benzene rings is 1. The first kappa shape index (κ1) is 16.9. The van der Waals surface area contributed by atoms with E-state index in [-0.39, 0.29) is 12.0 Å². The van der Waals surface area contributed by atoms with Crippen molar-refractivity contribution in [1.82, 2.24) is 9.80 Å². The van der Waals surface area contributed by atoms with Crippen molar-refractivity contribution >= 4 is 5.91 Å². The zero-order chi connectivity index (χ0) is 15.9. The van der Waals surface area contributed by atoms with E-state index in [4.69, 9.17) is 4.74 Å². The van der Waals surface area contributed by atoms with Crippen LogP contribution in [0.5, 0.6) is 0 Å². The molecule has 0 unspecified atom stereocenters. The summed E-state index contributed by atoms with van der Waals surface area (Å²) < 4.78 is 5.36. The third-order valence-electron chi connectivity index (χ3n) is 4.06. The number of hydrogen-bond donors (Lipinski definition) is 1. The molecule has 1 amide bonds. The SMILES string of the molecule is CCO[C@@H](C)C(=O)N1CCN(C[C@@H](O)c2ccccc2)CC1. The van der Waals surface area contributed by atoms with E-state index in [0.717, 1.165) is 18.7 Å². The lowest BCUT2D eigenvalue weighted by molar-refractivity contribution is -0.144. The number of piperazine rings is 1. The number of β-amino-alcohol motifs (C(OH)–C–C–N with tert-alkyl or cyclic N) is 1. The van der Waals surface area contributed by atoms with Crippen LogP contribution in [-0.4, -0.2) is 66.2 Å². The van der Waals surface area contributed by atoms with Gasteiger partial charge in [0.05, 0.1) is 6.10 Å². The number of aliphatic hydroxyl groups excluding tert-OH is 1. The molecule has 2 rings (SSSR count). The van der Waals surface area contributed by atoms with E-state index in [1.807, 2.05) is 42.2 Å². The monoisotopic (exact) mass is 306 g/mol. The Hall–Kier alpha value is -1.43. The van der Waals surface area contributed by atoms with Crippen LogP contribution in [0.25, 0.3) is 0 Å². The predicted octanol–water partition coefficient (Wildman–Crippen LogP) is 1.29. The lowest BCUT2D eigenvalue weighted by Gasteiger charge is -2.36. The first-order valence-corrected chi connectivity index (χ1v) is 7.97. The molecule has 1 N–H and O–H groups in total. The topological polar surface area (TPSA) is 53.0 Å². The highest BCUT2D eigenvalue weighted by atomic mass is 16.5. The lowest BCUT2D eigenvalue weighted by Crippen LogP contribution is -2.52. The second-order valence-corrected chi connectivity index (χ2v) is 5.65. The first-order valence-electron chi connectivity index (χ1n) is 7.97. The molecule has 5 heteroatoms. The molecule has 22 heavy (non-hydrogen) atoms. The van der Waals surface area contributed by atoms with Crippen LogP contribution in [-0.2, 0) is 9.53 Å². The van der Waals surface area contributed by atoms with Gasteiger partial charge in [-0.05, 0) is 19.4 Å². The molecule has 1 saturated heterocycles. The molecule has 122 valence electrons. The number of hydrogen-bond acceptors (Lipinski definition) is 4. The molecule has 0 aromatic heterocycles. The summed E-state index contributed by atoms with van der Waals surface area (Å²) in [6, 6.07) is 9.69. The normalized spacial score (nSPS) is 19.0. The van der Waals surface area contributed by atoms with Crippen LogP contribution in [0.4, 0.5) is 0 Å². The standard InChI is InChI=1S/C17H26N2O3/c1-3-22-14(2)17(21)19-11-9-18(10-12-19)13-16(20)15-7-5-4-6-8-15/h4-8,14,16,20H,3,9-13H2,1-2H3/t14-,16+/m0/s1. The Labute approximate surface area is 132 Å². The second-order valence-electron chi connectivity index (χ2n) is 5.65. The fraction of sp³-hybridized carbons (Fsp3) is 0.588. The number of ether oxygens (including phenoxy) is 1. The van der Waals surface area contributed by atoms with Gasteiger partial charge in [0.1, 0.15) is 6.10 Å². The van der Waals surface area contributed by atoms with Gasteiger partial charge in [0, 0.05) is 39.3 Å². The van der Waals surface area contributed by atoms with Crippen LogP contribution in [0.3, 0.4) is 0 Å². The van der Waals surface area contributed by atoms with E-state index in [1.165, 1.54) is 0 Å². The van der Waals surface area contributed by atoms with Gasteiger partial charge >= 0.3 is 0 Å². The number of aliphatic hydroxyl groups is 1. The Kier molecular flexibility index (Phi) is 6.36. The summed E-state index contributed by atoms with van der Waals surface area (Å²) in [5.74, 6) is 0.0603. The van der Waals surface area contributed by atoms with Crippen molar-refractivity contribution in [2.24, 2.45) is 0 Å². The van der Waals surface area contributed by atoms with Crippen molar-refractivity contribution < 1.29 is 14.6 Å². The second kappa shape index (κ2) is 8.27. The van der Waals surface area contributed by atoms with Crippen molar-refractivity contribution in [1.29, 1.82) is 0 Å².